The zero-order chi connectivity index (χ0) is 10.8. The van der Waals surface area contributed by atoms with Gasteiger partial charge in [-0.3, -0.25) is 4.74 Å². The van der Waals surface area contributed by atoms with Crippen LogP contribution < -0.4 is 0 Å². The molecule has 0 aromatic rings. The highest BCUT2D eigenvalue weighted by Gasteiger charge is 2.44. The van der Waals surface area contributed by atoms with Crippen LogP contribution in [-0.4, -0.2) is 25.2 Å². The van der Waals surface area contributed by atoms with Crippen molar-refractivity contribution < 1.29 is 22.6 Å². The highest BCUT2D eigenvalue weighted by atomic mass is 19.4. The van der Waals surface area contributed by atoms with Gasteiger partial charge >= 0.3 is 6.36 Å². The van der Waals surface area contributed by atoms with Gasteiger partial charge in [-0.15, -0.1) is 13.2 Å². The fourth-order valence-corrected chi connectivity index (χ4v) is 1.35. The van der Waals surface area contributed by atoms with Gasteiger partial charge in [0.25, 0.3) is 0 Å². The van der Waals surface area contributed by atoms with E-state index in [9.17, 15) is 13.2 Å². The smallest absolute Gasteiger partial charge is 0.374 e. The molecule has 2 nitrogen and oxygen atoms in total. The van der Waals surface area contributed by atoms with Gasteiger partial charge in [0, 0.05) is 7.11 Å². The summed E-state index contributed by atoms with van der Waals surface area (Å²) in [7, 11) is 1.34. The quantitative estimate of drug-likeness (QED) is 0.693. The summed E-state index contributed by atoms with van der Waals surface area (Å²) in [6, 6.07) is 0. The molecule has 0 amide bonds. The van der Waals surface area contributed by atoms with Crippen LogP contribution in [0.25, 0.3) is 0 Å². The summed E-state index contributed by atoms with van der Waals surface area (Å²) in [5.41, 5.74) is -1.48. The van der Waals surface area contributed by atoms with Crippen LogP contribution in [0.2, 0.25) is 0 Å². The van der Waals surface area contributed by atoms with Crippen molar-refractivity contribution in [3.63, 3.8) is 0 Å². The van der Waals surface area contributed by atoms with Crippen LogP contribution in [-0.2, 0) is 9.47 Å². The first-order valence-electron chi connectivity index (χ1n) is 4.03. The Balaban J connectivity index is 2.81. The van der Waals surface area contributed by atoms with Gasteiger partial charge in [-0.1, -0.05) is 18.2 Å². The van der Waals surface area contributed by atoms with Crippen LogP contribution >= 0.6 is 0 Å². The third-order valence-electron chi connectivity index (χ3n) is 1.98. The van der Waals surface area contributed by atoms with E-state index in [4.69, 9.17) is 4.74 Å². The SMILES string of the molecule is COC1C=CC=CC1(C)OC(F)(F)F. The van der Waals surface area contributed by atoms with Crippen LogP contribution in [0.5, 0.6) is 0 Å². The molecule has 0 spiro atoms. The Morgan fingerprint density at radius 3 is 2.43 bits per heavy atom. The second-order valence-corrected chi connectivity index (χ2v) is 3.13. The summed E-state index contributed by atoms with van der Waals surface area (Å²) in [5.74, 6) is 0. The molecule has 2 atom stereocenters. The standard InChI is InChI=1S/C9H11F3O2/c1-8(14-9(10,11)12)6-4-3-5-7(8)13-2/h3-7H,1-2H3. The van der Waals surface area contributed by atoms with Crippen molar-refractivity contribution in [3.8, 4) is 0 Å². The van der Waals surface area contributed by atoms with Gasteiger partial charge in [0.1, 0.15) is 11.7 Å². The topological polar surface area (TPSA) is 18.5 Å². The summed E-state index contributed by atoms with van der Waals surface area (Å²) in [6.07, 6.45) is 0.576. The molecule has 0 heterocycles. The molecule has 0 aromatic carbocycles. The van der Waals surface area contributed by atoms with Crippen molar-refractivity contribution in [2.45, 2.75) is 25.0 Å². The first-order valence-corrected chi connectivity index (χ1v) is 4.03. The van der Waals surface area contributed by atoms with Gasteiger partial charge in [-0.2, -0.15) is 0 Å². The largest absolute Gasteiger partial charge is 0.523 e. The van der Waals surface area contributed by atoms with E-state index in [1.165, 1.54) is 32.3 Å². The summed E-state index contributed by atoms with van der Waals surface area (Å²) in [5, 5.41) is 0. The number of rotatable bonds is 2. The monoisotopic (exact) mass is 208 g/mol. The predicted octanol–water partition coefficient (Wildman–Crippen LogP) is 2.42. The van der Waals surface area contributed by atoms with Crippen LogP contribution in [0.1, 0.15) is 6.92 Å². The van der Waals surface area contributed by atoms with E-state index in [-0.39, 0.29) is 0 Å². The highest BCUT2D eigenvalue weighted by Crippen LogP contribution is 2.32. The lowest BCUT2D eigenvalue weighted by Crippen LogP contribution is -2.45. The normalized spacial score (nSPS) is 32.2. The van der Waals surface area contributed by atoms with Gasteiger partial charge in [0.05, 0.1) is 0 Å². The minimum Gasteiger partial charge on any atom is -0.374 e. The number of methoxy groups -OCH3 is 1. The number of allylic oxidation sites excluding steroid dienone is 2. The van der Waals surface area contributed by atoms with Crippen LogP contribution in [0.4, 0.5) is 13.2 Å². The molecule has 0 radical (unpaired) electrons. The first kappa shape index (κ1) is 11.3. The van der Waals surface area contributed by atoms with Crippen LogP contribution in [0.15, 0.2) is 24.3 Å². The van der Waals surface area contributed by atoms with Gasteiger partial charge < -0.3 is 4.74 Å². The van der Waals surface area contributed by atoms with E-state index < -0.39 is 18.1 Å². The lowest BCUT2D eigenvalue weighted by molar-refractivity contribution is -0.364. The zero-order valence-corrected chi connectivity index (χ0v) is 7.84. The second-order valence-electron chi connectivity index (χ2n) is 3.13. The molecule has 0 saturated carbocycles. The predicted molar refractivity (Wildman–Crippen MR) is 44.6 cm³/mol. The number of hydrogen-bond acceptors (Lipinski definition) is 2. The second kappa shape index (κ2) is 3.74. The Hall–Kier alpha value is -0.810. The van der Waals surface area contributed by atoms with Gasteiger partial charge in [0.15, 0.2) is 0 Å². The van der Waals surface area contributed by atoms with E-state index in [0.717, 1.165) is 0 Å². The van der Waals surface area contributed by atoms with Crippen molar-refractivity contribution in [1.29, 1.82) is 0 Å². The first-order chi connectivity index (χ1) is 6.37. The van der Waals surface area contributed by atoms with E-state index in [2.05, 4.69) is 4.74 Å². The van der Waals surface area contributed by atoms with Gasteiger partial charge in [0.2, 0.25) is 0 Å². The van der Waals surface area contributed by atoms with Crippen LogP contribution in [0.3, 0.4) is 0 Å². The molecule has 0 bridgehead atoms. The highest BCUT2D eigenvalue weighted by molar-refractivity contribution is 5.22. The van der Waals surface area contributed by atoms with Crippen LogP contribution in [0, 0.1) is 0 Å². The maximum Gasteiger partial charge on any atom is 0.523 e. The average molecular weight is 208 g/mol. The van der Waals surface area contributed by atoms with E-state index in [0.29, 0.717) is 0 Å². The van der Waals surface area contributed by atoms with Crippen molar-refractivity contribution in [2.24, 2.45) is 0 Å². The lowest BCUT2D eigenvalue weighted by Gasteiger charge is -2.34. The lowest BCUT2D eigenvalue weighted by atomic mass is 9.94. The molecule has 0 fully saturated rings. The Bertz CT molecular complexity index is 257. The molecule has 0 aliphatic heterocycles. The number of alkyl halides is 3. The average Bonchev–Trinajstić information content (AvgIpc) is 2.01. The van der Waals surface area contributed by atoms with Crippen molar-refractivity contribution in [3.05, 3.63) is 24.3 Å². The molecule has 80 valence electrons. The molecule has 14 heavy (non-hydrogen) atoms. The molecular formula is C9H11F3O2. The molecule has 1 aliphatic rings. The third kappa shape index (κ3) is 2.59. The maximum absolute atomic E-state index is 12.1. The molecule has 0 saturated heterocycles. The Labute approximate surface area is 80.0 Å². The van der Waals surface area contributed by atoms with E-state index in [1.54, 1.807) is 6.08 Å². The molecule has 2 unspecified atom stereocenters. The van der Waals surface area contributed by atoms with Crippen molar-refractivity contribution in [1.82, 2.24) is 0 Å². The summed E-state index contributed by atoms with van der Waals surface area (Å²) >= 11 is 0. The third-order valence-corrected chi connectivity index (χ3v) is 1.98. The minimum atomic E-state index is -4.67. The van der Waals surface area contributed by atoms with Crippen molar-refractivity contribution in [2.75, 3.05) is 7.11 Å². The number of halogens is 3. The Morgan fingerprint density at radius 2 is 1.93 bits per heavy atom. The van der Waals surface area contributed by atoms with Gasteiger partial charge in [-0.25, -0.2) is 0 Å². The molecule has 0 aromatic heterocycles. The summed E-state index contributed by atoms with van der Waals surface area (Å²) in [4.78, 5) is 0. The fraction of sp³-hybridized carbons (Fsp3) is 0.556. The van der Waals surface area contributed by atoms with E-state index >= 15 is 0 Å². The summed E-state index contributed by atoms with van der Waals surface area (Å²) in [6.45, 7) is 1.33. The molecule has 1 rings (SSSR count). The van der Waals surface area contributed by atoms with Gasteiger partial charge in [-0.05, 0) is 13.0 Å². The van der Waals surface area contributed by atoms with E-state index in [1.807, 2.05) is 0 Å². The number of hydrogen-bond donors (Lipinski definition) is 0. The number of ether oxygens (including phenoxy) is 2. The molecule has 1 aliphatic carbocycles. The molecular weight excluding hydrogens is 197 g/mol. The maximum atomic E-state index is 12.1. The zero-order valence-electron chi connectivity index (χ0n) is 7.84. The summed E-state index contributed by atoms with van der Waals surface area (Å²) < 4.78 is 45.1. The minimum absolute atomic E-state index is 0.728. The Kier molecular flexibility index (Phi) is 3.01. The molecule has 5 heteroatoms. The molecule has 0 N–H and O–H groups in total. The fourth-order valence-electron chi connectivity index (χ4n) is 1.35. The Morgan fingerprint density at radius 1 is 1.29 bits per heavy atom. The van der Waals surface area contributed by atoms with Crippen molar-refractivity contribution >= 4 is 0 Å².